The molecule has 0 atom stereocenters. The van der Waals surface area contributed by atoms with E-state index in [4.69, 9.17) is 18.9 Å². The monoisotopic (exact) mass is 304 g/mol. The molecule has 0 N–H and O–H groups in total. The molecule has 128 valence electrons. The molecule has 0 fully saturated rings. The number of unbranched alkanes of at least 4 members (excludes halogenated alkanes) is 1. The molecule has 0 radical (unpaired) electrons. The van der Waals surface area contributed by atoms with Crippen LogP contribution in [0.5, 0.6) is 0 Å². The fourth-order valence-electron chi connectivity index (χ4n) is 1.50. The van der Waals surface area contributed by atoms with Crippen molar-refractivity contribution in [3.63, 3.8) is 0 Å². The highest BCUT2D eigenvalue weighted by Crippen LogP contribution is 2.12. The second-order valence-electron chi connectivity index (χ2n) is 7.51. The van der Waals surface area contributed by atoms with E-state index in [1.165, 1.54) is 0 Å². The highest BCUT2D eigenvalue weighted by molar-refractivity contribution is 4.59. The van der Waals surface area contributed by atoms with Crippen molar-refractivity contribution in [2.24, 2.45) is 5.41 Å². The molecule has 0 aromatic heterocycles. The van der Waals surface area contributed by atoms with E-state index in [2.05, 4.69) is 41.5 Å². The van der Waals surface area contributed by atoms with Crippen LogP contribution in [0.3, 0.4) is 0 Å². The second-order valence-corrected chi connectivity index (χ2v) is 7.51. The van der Waals surface area contributed by atoms with E-state index in [0.29, 0.717) is 26.4 Å². The fraction of sp³-hybridized carbons (Fsp3) is 1.00. The van der Waals surface area contributed by atoms with Gasteiger partial charge in [-0.25, -0.2) is 0 Å². The molecule has 0 amide bonds. The van der Waals surface area contributed by atoms with Crippen LogP contribution in [0.4, 0.5) is 0 Å². The minimum Gasteiger partial charge on any atom is -0.379 e. The molecule has 0 heterocycles. The van der Waals surface area contributed by atoms with Gasteiger partial charge in [0.15, 0.2) is 0 Å². The Morgan fingerprint density at radius 1 is 0.571 bits per heavy atom. The Morgan fingerprint density at radius 3 is 1.57 bits per heavy atom. The summed E-state index contributed by atoms with van der Waals surface area (Å²) < 4.78 is 22.1. The van der Waals surface area contributed by atoms with E-state index in [1.54, 1.807) is 0 Å². The molecular weight excluding hydrogens is 268 g/mol. The lowest BCUT2D eigenvalue weighted by Gasteiger charge is -2.19. The maximum atomic E-state index is 5.64. The van der Waals surface area contributed by atoms with Gasteiger partial charge in [-0.2, -0.15) is 0 Å². The van der Waals surface area contributed by atoms with Crippen LogP contribution < -0.4 is 0 Å². The maximum absolute atomic E-state index is 5.64. The van der Waals surface area contributed by atoms with Crippen LogP contribution in [0.25, 0.3) is 0 Å². The second kappa shape index (κ2) is 11.4. The molecule has 21 heavy (non-hydrogen) atoms. The lowest BCUT2D eigenvalue weighted by molar-refractivity contribution is -0.0126. The van der Waals surface area contributed by atoms with Gasteiger partial charge in [-0.05, 0) is 39.0 Å². The largest absolute Gasteiger partial charge is 0.379 e. The third-order valence-electron chi connectivity index (χ3n) is 2.50. The maximum Gasteiger partial charge on any atom is 0.0701 e. The van der Waals surface area contributed by atoms with Gasteiger partial charge in [0.25, 0.3) is 0 Å². The predicted molar refractivity (Wildman–Crippen MR) is 86.9 cm³/mol. The van der Waals surface area contributed by atoms with Crippen LogP contribution in [0.15, 0.2) is 0 Å². The Balaban J connectivity index is 3.10. The zero-order chi connectivity index (χ0) is 16.2. The van der Waals surface area contributed by atoms with Crippen molar-refractivity contribution in [2.45, 2.75) is 60.0 Å². The van der Waals surface area contributed by atoms with Crippen molar-refractivity contribution in [1.29, 1.82) is 0 Å². The summed E-state index contributed by atoms with van der Waals surface area (Å²) in [6.45, 7) is 17.6. The molecular formula is C17H36O4. The van der Waals surface area contributed by atoms with E-state index in [1.807, 2.05) is 0 Å². The predicted octanol–water partition coefficient (Wildman–Crippen LogP) is 3.68. The SMILES string of the molecule is CC(C)(C)COCCOCCOCCCCOC(C)(C)C. The van der Waals surface area contributed by atoms with Crippen molar-refractivity contribution < 1.29 is 18.9 Å². The van der Waals surface area contributed by atoms with Gasteiger partial charge >= 0.3 is 0 Å². The lowest BCUT2D eigenvalue weighted by atomic mass is 9.99. The van der Waals surface area contributed by atoms with Gasteiger partial charge in [0, 0.05) is 13.2 Å². The molecule has 0 aliphatic heterocycles. The van der Waals surface area contributed by atoms with Gasteiger partial charge in [0.1, 0.15) is 0 Å². The topological polar surface area (TPSA) is 36.9 Å². The van der Waals surface area contributed by atoms with Crippen molar-refractivity contribution in [3.05, 3.63) is 0 Å². The van der Waals surface area contributed by atoms with Crippen LogP contribution in [0, 0.1) is 5.41 Å². The summed E-state index contributed by atoms with van der Waals surface area (Å²) in [5, 5.41) is 0. The molecule has 0 saturated heterocycles. The quantitative estimate of drug-likeness (QED) is 0.515. The van der Waals surface area contributed by atoms with Crippen LogP contribution in [0.1, 0.15) is 54.4 Å². The standard InChI is InChI=1S/C17H36O4/c1-16(2,3)15-20-14-13-19-12-11-18-9-7-8-10-21-17(4,5)6/h7-15H2,1-6H3. The van der Waals surface area contributed by atoms with E-state index < -0.39 is 0 Å². The number of rotatable bonds is 12. The first-order chi connectivity index (χ1) is 9.71. The molecule has 0 aliphatic rings. The summed E-state index contributed by atoms with van der Waals surface area (Å²) in [6.07, 6.45) is 2.07. The average Bonchev–Trinajstić information content (AvgIpc) is 2.32. The van der Waals surface area contributed by atoms with Crippen molar-refractivity contribution in [1.82, 2.24) is 0 Å². The van der Waals surface area contributed by atoms with Crippen LogP contribution in [-0.4, -0.2) is 51.8 Å². The van der Waals surface area contributed by atoms with Gasteiger partial charge in [0.2, 0.25) is 0 Å². The molecule has 0 aromatic rings. The van der Waals surface area contributed by atoms with Crippen molar-refractivity contribution in [3.8, 4) is 0 Å². The summed E-state index contributed by atoms with van der Waals surface area (Å²) in [4.78, 5) is 0. The molecule has 0 aliphatic carbocycles. The highest BCUT2D eigenvalue weighted by Gasteiger charge is 2.09. The van der Waals surface area contributed by atoms with Gasteiger partial charge in [0.05, 0.1) is 38.6 Å². The third kappa shape index (κ3) is 19.8. The first-order valence-corrected chi connectivity index (χ1v) is 8.08. The molecule has 4 heteroatoms. The molecule has 4 nitrogen and oxygen atoms in total. The van der Waals surface area contributed by atoms with E-state index >= 15 is 0 Å². The number of hydrogen-bond donors (Lipinski definition) is 0. The molecule has 0 unspecified atom stereocenters. The summed E-state index contributed by atoms with van der Waals surface area (Å²) in [6, 6.07) is 0. The Labute approximate surface area is 131 Å². The Bertz CT molecular complexity index is 204. The van der Waals surface area contributed by atoms with Crippen LogP contribution in [-0.2, 0) is 18.9 Å². The summed E-state index contributed by atoms with van der Waals surface area (Å²) >= 11 is 0. The van der Waals surface area contributed by atoms with Crippen LogP contribution >= 0.6 is 0 Å². The van der Waals surface area contributed by atoms with Crippen LogP contribution in [0.2, 0.25) is 0 Å². The number of ether oxygens (including phenoxy) is 4. The molecule has 0 spiro atoms. The smallest absolute Gasteiger partial charge is 0.0701 e. The Kier molecular flexibility index (Phi) is 11.3. The zero-order valence-electron chi connectivity index (χ0n) is 15.0. The zero-order valence-corrected chi connectivity index (χ0v) is 15.0. The third-order valence-corrected chi connectivity index (χ3v) is 2.50. The summed E-state index contributed by atoms with van der Waals surface area (Å²) in [5.41, 5.74) is 0.184. The average molecular weight is 304 g/mol. The minimum atomic E-state index is -0.0379. The van der Waals surface area contributed by atoms with E-state index in [-0.39, 0.29) is 11.0 Å². The van der Waals surface area contributed by atoms with Gasteiger partial charge in [-0.1, -0.05) is 20.8 Å². The Hall–Kier alpha value is -0.160. The normalized spacial score (nSPS) is 12.9. The summed E-state index contributed by atoms with van der Waals surface area (Å²) in [7, 11) is 0. The van der Waals surface area contributed by atoms with Gasteiger partial charge in [-0.15, -0.1) is 0 Å². The minimum absolute atomic E-state index is 0.0379. The lowest BCUT2D eigenvalue weighted by Crippen LogP contribution is -2.19. The van der Waals surface area contributed by atoms with Crippen molar-refractivity contribution in [2.75, 3.05) is 46.2 Å². The molecule has 0 rings (SSSR count). The fourth-order valence-corrected chi connectivity index (χ4v) is 1.50. The molecule has 0 bridgehead atoms. The highest BCUT2D eigenvalue weighted by atomic mass is 16.5. The van der Waals surface area contributed by atoms with E-state index in [9.17, 15) is 0 Å². The summed E-state index contributed by atoms with van der Waals surface area (Å²) in [5.74, 6) is 0. The van der Waals surface area contributed by atoms with Gasteiger partial charge < -0.3 is 18.9 Å². The van der Waals surface area contributed by atoms with E-state index in [0.717, 1.165) is 32.7 Å². The molecule has 0 aromatic carbocycles. The molecule has 0 saturated carbocycles. The first kappa shape index (κ1) is 20.8. The first-order valence-electron chi connectivity index (χ1n) is 8.08. The van der Waals surface area contributed by atoms with Crippen molar-refractivity contribution >= 4 is 0 Å². The Morgan fingerprint density at radius 2 is 1.05 bits per heavy atom. The number of hydrogen-bond acceptors (Lipinski definition) is 4. The van der Waals surface area contributed by atoms with Gasteiger partial charge in [-0.3, -0.25) is 0 Å².